The quantitative estimate of drug-likeness (QED) is 0.768. The summed E-state index contributed by atoms with van der Waals surface area (Å²) in [7, 11) is 1.64. The van der Waals surface area contributed by atoms with Crippen molar-refractivity contribution in [2.24, 2.45) is 0 Å². The van der Waals surface area contributed by atoms with E-state index in [9.17, 15) is 9.18 Å². The number of hydrogen-bond acceptors (Lipinski definition) is 5. The number of hydrogen-bond donors (Lipinski definition) is 2. The van der Waals surface area contributed by atoms with Gasteiger partial charge >= 0.3 is 0 Å². The number of aromatic nitrogens is 2. The highest BCUT2D eigenvalue weighted by Crippen LogP contribution is 2.10. The minimum absolute atomic E-state index is 0.326. The summed E-state index contributed by atoms with van der Waals surface area (Å²) < 4.78 is 17.7. The number of carbonyl (C=O) groups excluding carboxylic acids is 1. The van der Waals surface area contributed by atoms with Crippen molar-refractivity contribution < 1.29 is 13.9 Å². The number of ether oxygens (including phenoxy) is 1. The van der Waals surface area contributed by atoms with Gasteiger partial charge in [0.25, 0.3) is 5.91 Å². The number of benzene rings is 1. The van der Waals surface area contributed by atoms with Crippen molar-refractivity contribution in [3.8, 4) is 0 Å². The Balaban J connectivity index is 1.89. The van der Waals surface area contributed by atoms with Gasteiger partial charge in [-0.05, 0) is 30.7 Å². The molecule has 1 amide bonds. The fourth-order valence-electron chi connectivity index (χ4n) is 1.69. The average Bonchev–Trinajstić information content (AvgIpc) is 2.54. The topological polar surface area (TPSA) is 76.1 Å². The maximum atomic E-state index is 12.8. The maximum absolute atomic E-state index is 12.8. The number of nitrogens with one attached hydrogen (secondary N) is 2. The molecule has 0 radical (unpaired) electrons. The number of amides is 1. The zero-order chi connectivity index (χ0) is 15.8. The third-order valence-electron chi connectivity index (χ3n) is 2.82. The molecule has 0 saturated carbocycles. The zero-order valence-electron chi connectivity index (χ0n) is 12.2. The molecule has 0 aliphatic rings. The molecular weight excluding hydrogens is 287 g/mol. The molecule has 2 N–H and O–H groups in total. The molecule has 7 heteroatoms. The first-order chi connectivity index (χ1) is 10.7. The van der Waals surface area contributed by atoms with Crippen LogP contribution in [0.15, 0.2) is 36.7 Å². The first-order valence-corrected chi connectivity index (χ1v) is 6.81. The Bertz CT molecular complexity index is 602. The molecule has 22 heavy (non-hydrogen) atoms. The van der Waals surface area contributed by atoms with Crippen molar-refractivity contribution in [1.82, 2.24) is 9.97 Å². The van der Waals surface area contributed by atoms with Crippen LogP contribution in [0.2, 0.25) is 0 Å². The van der Waals surface area contributed by atoms with Gasteiger partial charge in [0.15, 0.2) is 0 Å². The number of methoxy groups -OCH3 is 1. The molecule has 0 aliphatic carbocycles. The second kappa shape index (κ2) is 8.04. The zero-order valence-corrected chi connectivity index (χ0v) is 12.2. The van der Waals surface area contributed by atoms with Gasteiger partial charge in [0.2, 0.25) is 5.95 Å². The second-order valence-electron chi connectivity index (χ2n) is 4.53. The van der Waals surface area contributed by atoms with Crippen LogP contribution in [0.5, 0.6) is 0 Å². The highest BCUT2D eigenvalue weighted by Gasteiger charge is 2.07. The van der Waals surface area contributed by atoms with Crippen LogP contribution in [0.1, 0.15) is 16.8 Å². The highest BCUT2D eigenvalue weighted by molar-refractivity contribution is 6.03. The van der Waals surface area contributed by atoms with Crippen molar-refractivity contribution in [2.75, 3.05) is 30.9 Å². The first kappa shape index (κ1) is 15.8. The molecule has 2 rings (SSSR count). The van der Waals surface area contributed by atoms with E-state index in [-0.39, 0.29) is 11.7 Å². The van der Waals surface area contributed by atoms with Crippen LogP contribution in [0, 0.1) is 5.82 Å². The molecule has 116 valence electrons. The van der Waals surface area contributed by atoms with Crippen LogP contribution in [-0.2, 0) is 4.74 Å². The van der Waals surface area contributed by atoms with Gasteiger partial charge in [0.1, 0.15) is 5.82 Å². The average molecular weight is 304 g/mol. The summed E-state index contributed by atoms with van der Waals surface area (Å²) in [4.78, 5) is 20.1. The van der Waals surface area contributed by atoms with E-state index >= 15 is 0 Å². The Morgan fingerprint density at radius 3 is 2.55 bits per heavy atom. The van der Waals surface area contributed by atoms with E-state index in [1.54, 1.807) is 7.11 Å². The van der Waals surface area contributed by atoms with Gasteiger partial charge in [-0.2, -0.15) is 0 Å². The molecule has 0 unspecified atom stereocenters. The van der Waals surface area contributed by atoms with Crippen molar-refractivity contribution in [1.29, 1.82) is 0 Å². The standard InChI is InChI=1S/C15H17FN4O2/c1-22-8-2-7-17-15-18-9-11(10-19-15)14(21)20-13-5-3-12(16)4-6-13/h3-6,9-10H,2,7-8H2,1H3,(H,20,21)(H,17,18,19). The van der Waals surface area contributed by atoms with E-state index in [2.05, 4.69) is 20.6 Å². The molecule has 1 aromatic heterocycles. The number of halogens is 1. The normalized spacial score (nSPS) is 10.3. The summed E-state index contributed by atoms with van der Waals surface area (Å²) in [6.45, 7) is 1.35. The van der Waals surface area contributed by atoms with E-state index in [0.717, 1.165) is 6.42 Å². The van der Waals surface area contributed by atoms with Crippen LogP contribution in [0.3, 0.4) is 0 Å². The van der Waals surface area contributed by atoms with Gasteiger partial charge in [-0.3, -0.25) is 4.79 Å². The Morgan fingerprint density at radius 2 is 1.91 bits per heavy atom. The molecule has 0 fully saturated rings. The summed E-state index contributed by atoms with van der Waals surface area (Å²) >= 11 is 0. The fourth-order valence-corrected chi connectivity index (χ4v) is 1.69. The van der Waals surface area contributed by atoms with Crippen LogP contribution < -0.4 is 10.6 Å². The molecule has 0 aliphatic heterocycles. The Labute approximate surface area is 127 Å². The number of carbonyl (C=O) groups is 1. The van der Waals surface area contributed by atoms with Gasteiger partial charge in [-0.15, -0.1) is 0 Å². The Hall–Kier alpha value is -2.54. The van der Waals surface area contributed by atoms with E-state index in [0.29, 0.717) is 30.4 Å². The molecule has 2 aromatic rings. The van der Waals surface area contributed by atoms with E-state index in [1.165, 1.54) is 36.7 Å². The number of anilines is 2. The molecule has 6 nitrogen and oxygen atoms in total. The van der Waals surface area contributed by atoms with Crippen LogP contribution in [0.25, 0.3) is 0 Å². The van der Waals surface area contributed by atoms with Crippen molar-refractivity contribution in [3.63, 3.8) is 0 Å². The molecule has 0 spiro atoms. The van der Waals surface area contributed by atoms with E-state index < -0.39 is 0 Å². The molecule has 0 bridgehead atoms. The summed E-state index contributed by atoms with van der Waals surface area (Å²) in [5.74, 6) is -0.253. The SMILES string of the molecule is COCCCNc1ncc(C(=O)Nc2ccc(F)cc2)cn1. The van der Waals surface area contributed by atoms with Crippen molar-refractivity contribution >= 4 is 17.5 Å². The van der Waals surface area contributed by atoms with Gasteiger partial charge in [0.05, 0.1) is 5.56 Å². The van der Waals surface area contributed by atoms with Crippen LogP contribution in [0.4, 0.5) is 16.0 Å². The van der Waals surface area contributed by atoms with Crippen LogP contribution >= 0.6 is 0 Å². The molecule has 1 heterocycles. The van der Waals surface area contributed by atoms with Crippen LogP contribution in [-0.4, -0.2) is 36.1 Å². The Kier molecular flexibility index (Phi) is 5.79. The van der Waals surface area contributed by atoms with E-state index in [1.807, 2.05) is 0 Å². The smallest absolute Gasteiger partial charge is 0.258 e. The Morgan fingerprint density at radius 1 is 1.23 bits per heavy atom. The monoisotopic (exact) mass is 304 g/mol. The predicted octanol–water partition coefficient (Wildman–Crippen LogP) is 2.32. The van der Waals surface area contributed by atoms with Crippen molar-refractivity contribution in [3.05, 3.63) is 48.0 Å². The third kappa shape index (κ3) is 4.78. The van der Waals surface area contributed by atoms with Crippen molar-refractivity contribution in [2.45, 2.75) is 6.42 Å². The minimum Gasteiger partial charge on any atom is -0.385 e. The lowest BCUT2D eigenvalue weighted by Gasteiger charge is -2.06. The predicted molar refractivity (Wildman–Crippen MR) is 81.4 cm³/mol. The van der Waals surface area contributed by atoms with Gasteiger partial charge in [-0.1, -0.05) is 0 Å². The maximum Gasteiger partial charge on any atom is 0.258 e. The summed E-state index contributed by atoms with van der Waals surface area (Å²) in [5, 5.41) is 5.67. The first-order valence-electron chi connectivity index (χ1n) is 6.81. The lowest BCUT2D eigenvalue weighted by molar-refractivity contribution is 0.102. The lowest BCUT2D eigenvalue weighted by Crippen LogP contribution is -2.14. The largest absolute Gasteiger partial charge is 0.385 e. The second-order valence-corrected chi connectivity index (χ2v) is 4.53. The number of rotatable bonds is 7. The molecular formula is C15H17FN4O2. The third-order valence-corrected chi connectivity index (χ3v) is 2.82. The number of nitrogens with zero attached hydrogens (tertiary/aromatic N) is 2. The molecule has 0 saturated heterocycles. The van der Waals surface area contributed by atoms with Gasteiger partial charge < -0.3 is 15.4 Å². The van der Waals surface area contributed by atoms with Gasteiger partial charge in [-0.25, -0.2) is 14.4 Å². The fraction of sp³-hybridized carbons (Fsp3) is 0.267. The van der Waals surface area contributed by atoms with Gasteiger partial charge in [0, 0.05) is 38.3 Å². The summed E-state index contributed by atoms with van der Waals surface area (Å²) in [5.41, 5.74) is 0.833. The lowest BCUT2D eigenvalue weighted by atomic mass is 10.2. The van der Waals surface area contributed by atoms with E-state index in [4.69, 9.17) is 4.74 Å². The highest BCUT2D eigenvalue weighted by atomic mass is 19.1. The minimum atomic E-state index is -0.356. The summed E-state index contributed by atoms with van der Waals surface area (Å²) in [6.07, 6.45) is 3.71. The summed E-state index contributed by atoms with van der Waals surface area (Å²) in [6, 6.07) is 5.53. The molecule has 1 aromatic carbocycles. The molecule has 0 atom stereocenters.